The van der Waals surface area contributed by atoms with Crippen molar-refractivity contribution in [1.29, 1.82) is 0 Å². The summed E-state index contributed by atoms with van der Waals surface area (Å²) in [4.78, 5) is 12.3. The van der Waals surface area contributed by atoms with Crippen LogP contribution in [0.4, 0.5) is 0 Å². The number of para-hydroxylation sites is 1. The molecule has 1 amide bonds. The zero-order valence-electron chi connectivity index (χ0n) is 16.6. The van der Waals surface area contributed by atoms with Gasteiger partial charge in [-0.2, -0.15) is 0 Å². The summed E-state index contributed by atoms with van der Waals surface area (Å²) in [6, 6.07) is 12.8. The van der Waals surface area contributed by atoms with Gasteiger partial charge in [-0.25, -0.2) is 0 Å². The molecule has 28 heavy (non-hydrogen) atoms. The van der Waals surface area contributed by atoms with Gasteiger partial charge in [0.25, 0.3) is 0 Å². The second-order valence-corrected chi connectivity index (χ2v) is 7.35. The normalized spacial score (nSPS) is 15.2. The molecule has 0 aromatic heterocycles. The Morgan fingerprint density at radius 2 is 1.93 bits per heavy atom. The molecule has 1 fully saturated rings. The molecule has 150 valence electrons. The summed E-state index contributed by atoms with van der Waals surface area (Å²) < 4.78 is 11.6. The number of methoxy groups -OCH3 is 1. The number of phenols is 1. The number of phenolic OH excluding ortho intramolecular Hbond substituents is 1. The van der Waals surface area contributed by atoms with Crippen LogP contribution in [0.5, 0.6) is 17.2 Å². The number of aromatic hydroxyl groups is 1. The van der Waals surface area contributed by atoms with Crippen LogP contribution in [0.1, 0.15) is 56.2 Å². The maximum Gasteiger partial charge on any atom is 0.220 e. The molecule has 0 radical (unpaired) electrons. The minimum Gasteiger partial charge on any atom is -0.508 e. The molecule has 5 heteroatoms. The highest BCUT2D eigenvalue weighted by Gasteiger charge is 2.19. The number of hydrogen-bond acceptors (Lipinski definition) is 4. The van der Waals surface area contributed by atoms with Crippen LogP contribution in [0, 0.1) is 0 Å². The number of carbonyl (C=O) groups is 1. The summed E-state index contributed by atoms with van der Waals surface area (Å²) in [6.45, 7) is 1.95. The minimum atomic E-state index is -0.147. The first-order chi connectivity index (χ1) is 13.6. The summed E-state index contributed by atoms with van der Waals surface area (Å²) in [6.07, 6.45) is 5.71. The van der Waals surface area contributed by atoms with Gasteiger partial charge in [-0.15, -0.1) is 0 Å². The summed E-state index contributed by atoms with van der Waals surface area (Å²) in [7, 11) is 1.64. The van der Waals surface area contributed by atoms with Crippen molar-refractivity contribution in [2.45, 2.75) is 57.6 Å². The standard InChI is InChI=1S/C23H29NO4/c1-16(24-23(26)14-12-17-7-3-6-10-20(17)25)18-11-13-21(22(15-18)27-2)28-19-8-4-5-9-19/h3,6-7,10-11,13,15-16,19,25H,4-5,8-9,12,14H2,1-2H3,(H,24,26). The lowest BCUT2D eigenvalue weighted by molar-refractivity contribution is -0.121. The zero-order chi connectivity index (χ0) is 19.9. The maximum absolute atomic E-state index is 12.3. The molecule has 1 aliphatic carbocycles. The molecule has 3 rings (SSSR count). The fourth-order valence-corrected chi connectivity index (χ4v) is 3.60. The Hall–Kier alpha value is -2.69. The lowest BCUT2D eigenvalue weighted by Crippen LogP contribution is -2.26. The molecule has 0 aliphatic heterocycles. The van der Waals surface area contributed by atoms with Gasteiger partial charge in [0, 0.05) is 6.42 Å². The monoisotopic (exact) mass is 383 g/mol. The van der Waals surface area contributed by atoms with Gasteiger partial charge in [-0.3, -0.25) is 4.79 Å². The van der Waals surface area contributed by atoms with Gasteiger partial charge in [0.2, 0.25) is 5.91 Å². The van der Waals surface area contributed by atoms with E-state index in [4.69, 9.17) is 9.47 Å². The lowest BCUT2D eigenvalue weighted by Gasteiger charge is -2.19. The number of carbonyl (C=O) groups excluding carboxylic acids is 1. The fraction of sp³-hybridized carbons (Fsp3) is 0.435. The van der Waals surface area contributed by atoms with Gasteiger partial charge >= 0.3 is 0 Å². The van der Waals surface area contributed by atoms with Crippen LogP contribution in [-0.2, 0) is 11.2 Å². The van der Waals surface area contributed by atoms with Gasteiger partial charge in [-0.1, -0.05) is 24.3 Å². The minimum absolute atomic E-state index is 0.0546. The van der Waals surface area contributed by atoms with Crippen LogP contribution in [0.15, 0.2) is 42.5 Å². The predicted molar refractivity (Wildman–Crippen MR) is 109 cm³/mol. The molecule has 0 spiro atoms. The Morgan fingerprint density at radius 1 is 1.18 bits per heavy atom. The van der Waals surface area contributed by atoms with Gasteiger partial charge in [0.15, 0.2) is 11.5 Å². The molecule has 2 aromatic carbocycles. The molecule has 0 heterocycles. The number of benzene rings is 2. The zero-order valence-corrected chi connectivity index (χ0v) is 16.6. The molecule has 1 atom stereocenters. The van der Waals surface area contributed by atoms with Crippen molar-refractivity contribution in [3.63, 3.8) is 0 Å². The van der Waals surface area contributed by atoms with Crippen molar-refractivity contribution in [3.8, 4) is 17.2 Å². The van der Waals surface area contributed by atoms with Crippen molar-refractivity contribution < 1.29 is 19.4 Å². The highest BCUT2D eigenvalue weighted by atomic mass is 16.5. The summed E-state index contributed by atoms with van der Waals surface area (Å²) in [5.41, 5.74) is 1.74. The van der Waals surface area contributed by atoms with Crippen molar-refractivity contribution in [3.05, 3.63) is 53.6 Å². The van der Waals surface area contributed by atoms with Crippen LogP contribution in [0.2, 0.25) is 0 Å². The molecule has 1 unspecified atom stereocenters. The summed E-state index contributed by atoms with van der Waals surface area (Å²) >= 11 is 0. The third kappa shape index (κ3) is 5.18. The number of amides is 1. The first-order valence-corrected chi connectivity index (χ1v) is 9.97. The Balaban J connectivity index is 1.57. The van der Waals surface area contributed by atoms with E-state index < -0.39 is 0 Å². The first-order valence-electron chi connectivity index (χ1n) is 9.97. The third-order valence-electron chi connectivity index (χ3n) is 5.27. The highest BCUT2D eigenvalue weighted by Crippen LogP contribution is 2.33. The van der Waals surface area contributed by atoms with E-state index in [2.05, 4.69) is 5.32 Å². The molecular weight excluding hydrogens is 354 g/mol. The van der Waals surface area contributed by atoms with Crippen LogP contribution < -0.4 is 14.8 Å². The van der Waals surface area contributed by atoms with E-state index in [0.717, 1.165) is 29.7 Å². The van der Waals surface area contributed by atoms with E-state index in [1.54, 1.807) is 19.2 Å². The topological polar surface area (TPSA) is 67.8 Å². The third-order valence-corrected chi connectivity index (χ3v) is 5.27. The Labute approximate surface area is 166 Å². The maximum atomic E-state index is 12.3. The molecule has 1 aliphatic rings. The van der Waals surface area contributed by atoms with E-state index >= 15 is 0 Å². The predicted octanol–water partition coefficient (Wildman–Crippen LogP) is 4.53. The van der Waals surface area contributed by atoms with Crippen molar-refractivity contribution >= 4 is 5.91 Å². The molecule has 2 N–H and O–H groups in total. The van der Waals surface area contributed by atoms with Gasteiger partial charge in [0.05, 0.1) is 19.3 Å². The Bertz CT molecular complexity index is 799. The van der Waals surface area contributed by atoms with Crippen molar-refractivity contribution in [1.82, 2.24) is 5.32 Å². The quantitative estimate of drug-likeness (QED) is 0.703. The number of ether oxygens (including phenoxy) is 2. The summed E-state index contributed by atoms with van der Waals surface area (Å²) in [5.74, 6) is 1.63. The average molecular weight is 383 g/mol. The smallest absolute Gasteiger partial charge is 0.220 e. The van der Waals surface area contributed by atoms with Crippen LogP contribution >= 0.6 is 0 Å². The van der Waals surface area contributed by atoms with Crippen molar-refractivity contribution in [2.75, 3.05) is 7.11 Å². The fourth-order valence-electron chi connectivity index (χ4n) is 3.60. The Morgan fingerprint density at radius 3 is 2.64 bits per heavy atom. The van der Waals surface area contributed by atoms with E-state index in [1.807, 2.05) is 37.3 Å². The largest absolute Gasteiger partial charge is 0.508 e. The molecule has 0 saturated heterocycles. The molecule has 1 saturated carbocycles. The number of hydrogen-bond donors (Lipinski definition) is 2. The van der Waals surface area contributed by atoms with Crippen LogP contribution in [0.3, 0.4) is 0 Å². The van der Waals surface area contributed by atoms with Crippen LogP contribution in [0.25, 0.3) is 0 Å². The lowest BCUT2D eigenvalue weighted by atomic mass is 10.1. The molecule has 2 aromatic rings. The number of rotatable bonds is 8. The number of nitrogens with one attached hydrogen (secondary N) is 1. The first kappa shape index (κ1) is 20.1. The van der Waals surface area contributed by atoms with Gasteiger partial charge in [-0.05, 0) is 68.4 Å². The SMILES string of the molecule is COc1cc(C(C)NC(=O)CCc2ccccc2O)ccc1OC1CCCC1. The van der Waals surface area contributed by atoms with Crippen LogP contribution in [-0.4, -0.2) is 24.2 Å². The second-order valence-electron chi connectivity index (χ2n) is 7.35. The molecule has 5 nitrogen and oxygen atoms in total. The summed E-state index contributed by atoms with van der Waals surface area (Å²) in [5, 5.41) is 12.8. The molecule has 0 bridgehead atoms. The molecular formula is C23H29NO4. The van der Waals surface area contributed by atoms with Gasteiger partial charge in [0.1, 0.15) is 5.75 Å². The Kier molecular flexibility index (Phi) is 6.80. The van der Waals surface area contributed by atoms with E-state index in [0.29, 0.717) is 18.6 Å². The second kappa shape index (κ2) is 9.49. The van der Waals surface area contributed by atoms with Gasteiger partial charge < -0.3 is 19.9 Å². The average Bonchev–Trinajstić information content (AvgIpc) is 3.20. The van der Waals surface area contributed by atoms with E-state index in [1.165, 1.54) is 12.8 Å². The van der Waals surface area contributed by atoms with E-state index in [9.17, 15) is 9.90 Å². The van der Waals surface area contributed by atoms with Crippen molar-refractivity contribution in [2.24, 2.45) is 0 Å². The highest BCUT2D eigenvalue weighted by molar-refractivity contribution is 5.76. The number of aryl methyl sites for hydroxylation is 1. The van der Waals surface area contributed by atoms with E-state index in [-0.39, 0.29) is 23.8 Å².